The van der Waals surface area contributed by atoms with E-state index in [-0.39, 0.29) is 6.04 Å². The van der Waals surface area contributed by atoms with E-state index in [2.05, 4.69) is 27.4 Å². The molecule has 1 heterocycles. The Bertz CT molecular complexity index is 518. The quantitative estimate of drug-likeness (QED) is 0.468. The van der Waals surface area contributed by atoms with Gasteiger partial charge in [0.15, 0.2) is 0 Å². The standard InChI is InChI=1S/C12H12BrClN2S2/c13-8-3-1-2-4-11(8)18-7-10(16-15)12-9(14)5-6-17-12/h1-6,10,16H,7,15H2. The van der Waals surface area contributed by atoms with Crippen molar-refractivity contribution in [1.29, 1.82) is 0 Å². The number of thiophene rings is 1. The molecule has 0 bridgehead atoms. The van der Waals surface area contributed by atoms with Crippen LogP contribution in [-0.4, -0.2) is 5.75 Å². The maximum absolute atomic E-state index is 6.12. The Morgan fingerprint density at radius 3 is 2.78 bits per heavy atom. The molecule has 0 aliphatic heterocycles. The van der Waals surface area contributed by atoms with E-state index in [1.54, 1.807) is 23.1 Å². The summed E-state index contributed by atoms with van der Waals surface area (Å²) in [5, 5.41) is 2.75. The molecular formula is C12H12BrClN2S2. The van der Waals surface area contributed by atoms with Crippen molar-refractivity contribution in [3.05, 3.63) is 50.1 Å². The van der Waals surface area contributed by atoms with Crippen molar-refractivity contribution in [3.8, 4) is 0 Å². The number of benzene rings is 1. The van der Waals surface area contributed by atoms with Crippen LogP contribution >= 0.6 is 50.6 Å². The summed E-state index contributed by atoms with van der Waals surface area (Å²) in [6.07, 6.45) is 0. The minimum atomic E-state index is 0.0645. The smallest absolute Gasteiger partial charge is 0.0662 e. The second kappa shape index (κ2) is 6.93. The van der Waals surface area contributed by atoms with E-state index in [1.165, 1.54) is 4.90 Å². The van der Waals surface area contributed by atoms with Gasteiger partial charge in [-0.15, -0.1) is 23.1 Å². The largest absolute Gasteiger partial charge is 0.271 e. The fourth-order valence-corrected chi connectivity index (χ4v) is 4.46. The van der Waals surface area contributed by atoms with Gasteiger partial charge in [-0.25, -0.2) is 0 Å². The monoisotopic (exact) mass is 362 g/mol. The van der Waals surface area contributed by atoms with E-state index in [1.807, 2.05) is 29.6 Å². The molecule has 0 radical (unpaired) electrons. The summed E-state index contributed by atoms with van der Waals surface area (Å²) < 4.78 is 1.10. The minimum Gasteiger partial charge on any atom is -0.271 e. The van der Waals surface area contributed by atoms with E-state index < -0.39 is 0 Å². The molecular weight excluding hydrogens is 352 g/mol. The number of rotatable bonds is 5. The van der Waals surface area contributed by atoms with Gasteiger partial charge in [0.2, 0.25) is 0 Å². The summed E-state index contributed by atoms with van der Waals surface area (Å²) >= 11 is 13.0. The maximum atomic E-state index is 6.12. The zero-order chi connectivity index (χ0) is 13.0. The third-order valence-electron chi connectivity index (χ3n) is 2.40. The molecule has 2 rings (SSSR count). The Morgan fingerprint density at radius 1 is 1.39 bits per heavy atom. The van der Waals surface area contributed by atoms with Gasteiger partial charge in [0.05, 0.1) is 11.1 Å². The molecule has 1 aromatic carbocycles. The Morgan fingerprint density at radius 2 is 2.17 bits per heavy atom. The first-order chi connectivity index (χ1) is 8.72. The second-order valence-corrected chi connectivity index (χ2v) is 6.86. The van der Waals surface area contributed by atoms with Crippen LogP contribution in [0.2, 0.25) is 5.02 Å². The van der Waals surface area contributed by atoms with Crippen LogP contribution in [0, 0.1) is 0 Å². The summed E-state index contributed by atoms with van der Waals surface area (Å²) in [6, 6.07) is 10.1. The van der Waals surface area contributed by atoms with Crippen LogP contribution < -0.4 is 11.3 Å². The van der Waals surface area contributed by atoms with Crippen molar-refractivity contribution in [2.45, 2.75) is 10.9 Å². The molecule has 6 heteroatoms. The Hall–Kier alpha value is -0.0400. The number of nitrogens with two attached hydrogens (primary N) is 1. The van der Waals surface area contributed by atoms with Crippen LogP contribution in [-0.2, 0) is 0 Å². The highest BCUT2D eigenvalue weighted by Crippen LogP contribution is 2.34. The van der Waals surface area contributed by atoms with Crippen molar-refractivity contribution in [2.24, 2.45) is 5.84 Å². The number of hydrogen-bond donors (Lipinski definition) is 2. The van der Waals surface area contributed by atoms with Crippen molar-refractivity contribution in [2.75, 3.05) is 5.75 Å². The summed E-state index contributed by atoms with van der Waals surface area (Å²) in [5.41, 5.74) is 2.82. The lowest BCUT2D eigenvalue weighted by molar-refractivity contribution is 0.620. The Balaban J connectivity index is 2.05. The van der Waals surface area contributed by atoms with Gasteiger partial charge in [-0.1, -0.05) is 23.7 Å². The van der Waals surface area contributed by atoms with Crippen LogP contribution in [0.15, 0.2) is 45.1 Å². The predicted octanol–water partition coefficient (Wildman–Crippen LogP) is 4.46. The fraction of sp³-hybridized carbons (Fsp3) is 0.167. The van der Waals surface area contributed by atoms with Crippen LogP contribution in [0.1, 0.15) is 10.9 Å². The first-order valence-corrected chi connectivity index (χ1v) is 8.32. The molecule has 0 aliphatic carbocycles. The summed E-state index contributed by atoms with van der Waals surface area (Å²) in [7, 11) is 0. The van der Waals surface area contributed by atoms with Crippen molar-refractivity contribution >= 4 is 50.6 Å². The van der Waals surface area contributed by atoms with E-state index in [4.69, 9.17) is 17.4 Å². The topological polar surface area (TPSA) is 38.0 Å². The van der Waals surface area contributed by atoms with Gasteiger partial charge in [0.1, 0.15) is 0 Å². The van der Waals surface area contributed by atoms with Gasteiger partial charge in [0, 0.05) is 20.0 Å². The molecule has 1 atom stereocenters. The van der Waals surface area contributed by atoms with Crippen LogP contribution in [0.4, 0.5) is 0 Å². The van der Waals surface area contributed by atoms with E-state index in [9.17, 15) is 0 Å². The molecule has 3 N–H and O–H groups in total. The molecule has 0 fully saturated rings. The molecule has 1 unspecified atom stereocenters. The van der Waals surface area contributed by atoms with Crippen LogP contribution in [0.5, 0.6) is 0 Å². The average Bonchev–Trinajstić information content (AvgIpc) is 2.79. The molecule has 0 aliphatic rings. The lowest BCUT2D eigenvalue weighted by Gasteiger charge is -2.15. The number of hydrogen-bond acceptors (Lipinski definition) is 4. The van der Waals surface area contributed by atoms with E-state index >= 15 is 0 Å². The highest BCUT2D eigenvalue weighted by molar-refractivity contribution is 9.10. The van der Waals surface area contributed by atoms with Gasteiger partial charge >= 0.3 is 0 Å². The molecule has 96 valence electrons. The second-order valence-electron chi connectivity index (χ2n) is 3.59. The molecule has 0 spiro atoms. The third-order valence-corrected chi connectivity index (χ3v) is 6.00. The van der Waals surface area contributed by atoms with Gasteiger partial charge < -0.3 is 0 Å². The normalized spacial score (nSPS) is 12.6. The van der Waals surface area contributed by atoms with Gasteiger partial charge in [0.25, 0.3) is 0 Å². The molecule has 0 amide bonds. The van der Waals surface area contributed by atoms with Gasteiger partial charge in [-0.2, -0.15) is 0 Å². The number of thioether (sulfide) groups is 1. The number of halogens is 2. The highest BCUT2D eigenvalue weighted by atomic mass is 79.9. The number of hydrazine groups is 1. The maximum Gasteiger partial charge on any atom is 0.0662 e. The van der Waals surface area contributed by atoms with Gasteiger partial charge in [-0.3, -0.25) is 11.3 Å². The predicted molar refractivity (Wildman–Crippen MR) is 84.3 cm³/mol. The molecule has 18 heavy (non-hydrogen) atoms. The lowest BCUT2D eigenvalue weighted by Crippen LogP contribution is -2.29. The van der Waals surface area contributed by atoms with Crippen LogP contribution in [0.3, 0.4) is 0 Å². The molecule has 2 aromatic rings. The highest BCUT2D eigenvalue weighted by Gasteiger charge is 2.15. The van der Waals surface area contributed by atoms with Gasteiger partial charge in [-0.05, 0) is 39.5 Å². The summed E-state index contributed by atoms with van der Waals surface area (Å²) in [5.74, 6) is 6.44. The van der Waals surface area contributed by atoms with Crippen LogP contribution in [0.25, 0.3) is 0 Å². The lowest BCUT2D eigenvalue weighted by atomic mass is 10.3. The summed E-state index contributed by atoms with van der Waals surface area (Å²) in [4.78, 5) is 2.28. The Kier molecular flexibility index (Phi) is 5.54. The summed E-state index contributed by atoms with van der Waals surface area (Å²) in [6.45, 7) is 0. The zero-order valence-electron chi connectivity index (χ0n) is 9.40. The molecule has 0 saturated heterocycles. The first kappa shape index (κ1) is 14.4. The molecule has 2 nitrogen and oxygen atoms in total. The minimum absolute atomic E-state index is 0.0645. The average molecular weight is 364 g/mol. The molecule has 1 aromatic heterocycles. The zero-order valence-corrected chi connectivity index (χ0v) is 13.4. The molecule has 0 saturated carbocycles. The van der Waals surface area contributed by atoms with Crippen molar-refractivity contribution < 1.29 is 0 Å². The van der Waals surface area contributed by atoms with E-state index in [0.29, 0.717) is 0 Å². The van der Waals surface area contributed by atoms with Crippen molar-refractivity contribution in [3.63, 3.8) is 0 Å². The SMILES string of the molecule is NNC(CSc1ccccc1Br)c1sccc1Cl. The van der Waals surface area contributed by atoms with E-state index in [0.717, 1.165) is 20.1 Å². The number of nitrogens with one attached hydrogen (secondary N) is 1. The Labute approximate surface area is 128 Å². The van der Waals surface area contributed by atoms with Crippen molar-refractivity contribution in [1.82, 2.24) is 5.43 Å². The fourth-order valence-electron chi connectivity index (χ4n) is 1.49. The third kappa shape index (κ3) is 3.50. The first-order valence-electron chi connectivity index (χ1n) is 5.28.